The predicted octanol–water partition coefficient (Wildman–Crippen LogP) is 2.80. The van der Waals surface area contributed by atoms with E-state index in [2.05, 4.69) is 9.88 Å². The van der Waals surface area contributed by atoms with Crippen molar-refractivity contribution in [3.63, 3.8) is 0 Å². The molecule has 0 aliphatic carbocycles. The summed E-state index contributed by atoms with van der Waals surface area (Å²) in [5, 5.41) is 12.0. The first-order chi connectivity index (χ1) is 15.6. The van der Waals surface area contributed by atoms with Crippen LogP contribution in [0.25, 0.3) is 11.1 Å². The standard InChI is InChI=1S/C24H24N4O3S/c29-21-3-1-2-19(14-21)17-4-6-18(7-5-17)23(30)28-15-20(16-28)26-9-11-27(12-10-26)24(31)22-25-8-13-32-22/h1-8,13-14,20,29H,9-12,15-16H2. The van der Waals surface area contributed by atoms with E-state index in [0.29, 0.717) is 42.8 Å². The lowest BCUT2D eigenvalue weighted by molar-refractivity contribution is 0.00853. The van der Waals surface area contributed by atoms with Gasteiger partial charge in [0.15, 0.2) is 5.01 Å². The lowest BCUT2D eigenvalue weighted by atomic mass is 10.0. The molecule has 0 atom stereocenters. The third kappa shape index (κ3) is 4.11. The SMILES string of the molecule is O=C(c1ccc(-c2cccc(O)c2)cc1)N1CC(N2CCN(C(=O)c3nccs3)CC2)C1. The second-order valence-electron chi connectivity index (χ2n) is 8.16. The minimum absolute atomic E-state index is 0.0132. The summed E-state index contributed by atoms with van der Waals surface area (Å²) in [6.45, 7) is 4.46. The van der Waals surface area contributed by atoms with Crippen LogP contribution in [0.2, 0.25) is 0 Å². The highest BCUT2D eigenvalue weighted by molar-refractivity contribution is 7.11. The minimum atomic E-state index is 0.0132. The lowest BCUT2D eigenvalue weighted by Gasteiger charge is -2.48. The van der Waals surface area contributed by atoms with Crippen molar-refractivity contribution in [3.8, 4) is 16.9 Å². The van der Waals surface area contributed by atoms with E-state index in [9.17, 15) is 14.7 Å². The van der Waals surface area contributed by atoms with E-state index in [4.69, 9.17) is 0 Å². The number of benzene rings is 2. The predicted molar refractivity (Wildman–Crippen MR) is 123 cm³/mol. The number of carbonyl (C=O) groups is 2. The number of likely N-dealkylation sites (tertiary alicyclic amines) is 1. The average molecular weight is 449 g/mol. The number of rotatable bonds is 4. The first-order valence-corrected chi connectivity index (χ1v) is 11.6. The van der Waals surface area contributed by atoms with Crippen LogP contribution in [0.3, 0.4) is 0 Å². The Hall–Kier alpha value is -3.23. The molecule has 2 saturated heterocycles. The Kier molecular flexibility index (Phi) is 5.63. The summed E-state index contributed by atoms with van der Waals surface area (Å²) in [5.41, 5.74) is 2.55. The number of hydrogen-bond donors (Lipinski definition) is 1. The number of phenolic OH excluding ortho intramolecular Hbond substituents is 1. The average Bonchev–Trinajstić information content (AvgIpc) is 3.33. The molecule has 3 heterocycles. The van der Waals surface area contributed by atoms with E-state index in [1.807, 2.05) is 45.5 Å². The van der Waals surface area contributed by atoms with Crippen LogP contribution in [0.4, 0.5) is 0 Å². The number of thiazole rings is 1. The maximum Gasteiger partial charge on any atom is 0.282 e. The van der Waals surface area contributed by atoms with Crippen molar-refractivity contribution in [2.24, 2.45) is 0 Å². The van der Waals surface area contributed by atoms with Crippen LogP contribution in [0, 0.1) is 0 Å². The van der Waals surface area contributed by atoms with E-state index >= 15 is 0 Å². The number of phenols is 1. The molecule has 0 saturated carbocycles. The van der Waals surface area contributed by atoms with Crippen LogP contribution in [-0.2, 0) is 0 Å². The summed E-state index contributed by atoms with van der Waals surface area (Å²) in [4.78, 5) is 35.5. The Morgan fingerprint density at radius 1 is 0.906 bits per heavy atom. The quantitative estimate of drug-likeness (QED) is 0.664. The lowest BCUT2D eigenvalue weighted by Crippen LogP contribution is -2.64. The number of nitrogens with zero attached hydrogens (tertiary/aromatic N) is 4. The molecular weight excluding hydrogens is 424 g/mol. The van der Waals surface area contributed by atoms with Gasteiger partial charge < -0.3 is 14.9 Å². The number of hydrogen-bond acceptors (Lipinski definition) is 6. The van der Waals surface area contributed by atoms with E-state index in [1.165, 1.54) is 11.3 Å². The summed E-state index contributed by atoms with van der Waals surface area (Å²) < 4.78 is 0. The van der Waals surface area contributed by atoms with Crippen molar-refractivity contribution in [3.05, 3.63) is 70.7 Å². The number of amides is 2. The van der Waals surface area contributed by atoms with Gasteiger partial charge in [-0.15, -0.1) is 11.3 Å². The molecule has 2 aliphatic rings. The van der Waals surface area contributed by atoms with Gasteiger partial charge in [-0.25, -0.2) is 4.98 Å². The fraction of sp³-hybridized carbons (Fsp3) is 0.292. The van der Waals surface area contributed by atoms with Crippen molar-refractivity contribution in [1.82, 2.24) is 19.7 Å². The number of aromatic hydroxyl groups is 1. The summed E-state index contributed by atoms with van der Waals surface area (Å²) in [5.74, 6) is 0.281. The molecule has 2 aliphatic heterocycles. The number of piperazine rings is 1. The van der Waals surface area contributed by atoms with Crippen LogP contribution in [0.15, 0.2) is 60.1 Å². The molecule has 8 heteroatoms. The Balaban J connectivity index is 1.12. The Bertz CT molecular complexity index is 1100. The summed E-state index contributed by atoms with van der Waals surface area (Å²) in [6, 6.07) is 15.0. The van der Waals surface area contributed by atoms with Gasteiger partial charge in [-0.3, -0.25) is 14.5 Å². The summed E-state index contributed by atoms with van der Waals surface area (Å²) in [6.07, 6.45) is 1.66. The van der Waals surface area contributed by atoms with Gasteiger partial charge in [-0.05, 0) is 35.4 Å². The maximum absolute atomic E-state index is 12.8. The van der Waals surface area contributed by atoms with Gasteiger partial charge in [0.25, 0.3) is 11.8 Å². The highest BCUT2D eigenvalue weighted by atomic mass is 32.1. The molecule has 164 valence electrons. The molecule has 0 radical (unpaired) electrons. The molecule has 2 fully saturated rings. The molecule has 7 nitrogen and oxygen atoms in total. The van der Waals surface area contributed by atoms with Crippen LogP contribution in [-0.4, -0.2) is 81.9 Å². The molecule has 2 aromatic carbocycles. The van der Waals surface area contributed by atoms with Crippen molar-refractivity contribution in [2.75, 3.05) is 39.3 Å². The van der Waals surface area contributed by atoms with E-state index in [1.54, 1.807) is 24.4 Å². The van der Waals surface area contributed by atoms with Crippen LogP contribution < -0.4 is 0 Å². The Morgan fingerprint density at radius 2 is 1.66 bits per heavy atom. The summed E-state index contributed by atoms with van der Waals surface area (Å²) in [7, 11) is 0. The second-order valence-corrected chi connectivity index (χ2v) is 9.05. The van der Waals surface area contributed by atoms with Gasteiger partial charge in [0.05, 0.1) is 0 Å². The highest BCUT2D eigenvalue weighted by Crippen LogP contribution is 2.25. The normalized spacial score (nSPS) is 17.2. The number of aromatic nitrogens is 1. The fourth-order valence-corrected chi connectivity index (χ4v) is 4.88. The maximum atomic E-state index is 12.8. The first-order valence-electron chi connectivity index (χ1n) is 10.7. The van der Waals surface area contributed by atoms with Crippen molar-refractivity contribution >= 4 is 23.2 Å². The fourth-order valence-electron chi connectivity index (χ4n) is 4.28. The third-order valence-corrected chi connectivity index (χ3v) is 6.96. The molecule has 0 spiro atoms. The third-order valence-electron chi connectivity index (χ3n) is 6.19. The monoisotopic (exact) mass is 448 g/mol. The Morgan fingerprint density at radius 3 is 2.31 bits per heavy atom. The van der Waals surface area contributed by atoms with E-state index in [-0.39, 0.29) is 17.6 Å². The zero-order chi connectivity index (χ0) is 22.1. The zero-order valence-electron chi connectivity index (χ0n) is 17.6. The van der Waals surface area contributed by atoms with Gasteiger partial charge in [0, 0.05) is 62.5 Å². The Labute approximate surface area is 190 Å². The van der Waals surface area contributed by atoms with Gasteiger partial charge in [-0.2, -0.15) is 0 Å². The van der Waals surface area contributed by atoms with E-state index in [0.717, 1.165) is 24.2 Å². The molecular formula is C24H24N4O3S. The molecule has 32 heavy (non-hydrogen) atoms. The molecule has 1 aromatic heterocycles. The molecule has 5 rings (SSSR count). The molecule has 3 aromatic rings. The van der Waals surface area contributed by atoms with E-state index < -0.39 is 0 Å². The minimum Gasteiger partial charge on any atom is -0.508 e. The molecule has 1 N–H and O–H groups in total. The smallest absolute Gasteiger partial charge is 0.282 e. The first kappa shape index (κ1) is 20.7. The van der Waals surface area contributed by atoms with Crippen molar-refractivity contribution in [2.45, 2.75) is 6.04 Å². The molecule has 0 unspecified atom stereocenters. The molecule has 2 amide bonds. The van der Waals surface area contributed by atoms with Crippen LogP contribution in [0.5, 0.6) is 5.75 Å². The van der Waals surface area contributed by atoms with Gasteiger partial charge in [0.2, 0.25) is 0 Å². The summed E-state index contributed by atoms with van der Waals surface area (Å²) >= 11 is 1.38. The second kappa shape index (κ2) is 8.72. The molecule has 0 bridgehead atoms. The highest BCUT2D eigenvalue weighted by Gasteiger charge is 2.37. The van der Waals surface area contributed by atoms with Gasteiger partial charge in [-0.1, -0.05) is 24.3 Å². The van der Waals surface area contributed by atoms with Gasteiger partial charge in [0.1, 0.15) is 5.75 Å². The van der Waals surface area contributed by atoms with Gasteiger partial charge >= 0.3 is 0 Å². The van der Waals surface area contributed by atoms with Crippen LogP contribution >= 0.6 is 11.3 Å². The zero-order valence-corrected chi connectivity index (χ0v) is 18.4. The number of carbonyl (C=O) groups excluding carboxylic acids is 2. The van der Waals surface area contributed by atoms with Crippen molar-refractivity contribution < 1.29 is 14.7 Å². The van der Waals surface area contributed by atoms with Crippen LogP contribution in [0.1, 0.15) is 20.2 Å². The largest absolute Gasteiger partial charge is 0.508 e. The van der Waals surface area contributed by atoms with Crippen molar-refractivity contribution in [1.29, 1.82) is 0 Å². The topological polar surface area (TPSA) is 77.0 Å².